The zero-order valence-corrected chi connectivity index (χ0v) is 13.4. The van der Waals surface area contributed by atoms with Gasteiger partial charge in [0, 0.05) is 12.1 Å². The molecule has 0 aromatic carbocycles. The molecule has 0 unspecified atom stereocenters. The first-order valence-corrected chi connectivity index (χ1v) is 7.86. The van der Waals surface area contributed by atoms with Crippen LogP contribution in [0.25, 0.3) is 0 Å². The minimum atomic E-state index is -0.825. The zero-order valence-electron chi connectivity index (χ0n) is 12.5. The molecule has 122 valence electrons. The van der Waals surface area contributed by atoms with Crippen molar-refractivity contribution in [3.63, 3.8) is 0 Å². The Labute approximate surface area is 132 Å². The number of ether oxygens (including phenoxy) is 1. The number of amides is 2. The van der Waals surface area contributed by atoms with E-state index in [9.17, 15) is 9.59 Å². The maximum absolute atomic E-state index is 11.8. The minimum absolute atomic E-state index is 0.0407. The van der Waals surface area contributed by atoms with Gasteiger partial charge in [-0.25, -0.2) is 9.78 Å². The lowest BCUT2D eigenvalue weighted by molar-refractivity contribution is -0.139. The third-order valence-electron chi connectivity index (χ3n) is 3.62. The number of aliphatic carboxylic acids is 1. The van der Waals surface area contributed by atoms with Crippen molar-refractivity contribution in [2.45, 2.75) is 31.8 Å². The van der Waals surface area contributed by atoms with Gasteiger partial charge in [0.25, 0.3) is 0 Å². The molecule has 0 radical (unpaired) electrons. The summed E-state index contributed by atoms with van der Waals surface area (Å²) in [5.74, 6) is -0.825. The van der Waals surface area contributed by atoms with Crippen molar-refractivity contribution in [2.75, 3.05) is 25.5 Å². The second-order valence-electron chi connectivity index (χ2n) is 5.07. The van der Waals surface area contributed by atoms with Gasteiger partial charge in [-0.1, -0.05) is 18.3 Å². The third kappa shape index (κ3) is 4.31. The number of hydrogen-bond acceptors (Lipinski definition) is 6. The first kappa shape index (κ1) is 16.5. The van der Waals surface area contributed by atoms with E-state index in [1.54, 1.807) is 13.3 Å². The smallest absolute Gasteiger partial charge is 0.321 e. The fraction of sp³-hybridized carbons (Fsp3) is 0.615. The SMILES string of the molecule is CCN(CC(=O)O)C1CC(NC(=O)Nc2ncc(OC)s2)C1. The topological polar surface area (TPSA) is 104 Å². The van der Waals surface area contributed by atoms with Crippen molar-refractivity contribution in [1.82, 2.24) is 15.2 Å². The number of methoxy groups -OCH3 is 1. The highest BCUT2D eigenvalue weighted by atomic mass is 32.1. The first-order chi connectivity index (χ1) is 10.5. The molecule has 3 N–H and O–H groups in total. The third-order valence-corrected chi connectivity index (χ3v) is 4.49. The molecule has 1 saturated carbocycles. The van der Waals surface area contributed by atoms with E-state index >= 15 is 0 Å². The Morgan fingerprint density at radius 2 is 2.27 bits per heavy atom. The number of rotatable bonds is 7. The molecule has 2 rings (SSSR count). The minimum Gasteiger partial charge on any atom is -0.486 e. The van der Waals surface area contributed by atoms with Crippen LogP contribution in [0.15, 0.2) is 6.20 Å². The van der Waals surface area contributed by atoms with Crippen LogP contribution in [0.3, 0.4) is 0 Å². The molecule has 0 bridgehead atoms. The van der Waals surface area contributed by atoms with Gasteiger partial charge in [-0.05, 0) is 19.4 Å². The number of thiazole rings is 1. The molecular weight excluding hydrogens is 308 g/mol. The monoisotopic (exact) mass is 328 g/mol. The Morgan fingerprint density at radius 3 is 2.82 bits per heavy atom. The second-order valence-corrected chi connectivity index (χ2v) is 6.06. The molecule has 1 aromatic heterocycles. The molecular formula is C13H20N4O4S. The number of carboxylic acid groups (broad SMARTS) is 1. The van der Waals surface area contributed by atoms with Crippen LogP contribution in [-0.4, -0.2) is 59.3 Å². The van der Waals surface area contributed by atoms with Gasteiger partial charge in [-0.2, -0.15) is 0 Å². The number of carbonyl (C=O) groups excluding carboxylic acids is 1. The van der Waals surface area contributed by atoms with Crippen LogP contribution in [0, 0.1) is 0 Å². The zero-order chi connectivity index (χ0) is 16.1. The van der Waals surface area contributed by atoms with Gasteiger partial charge in [0.15, 0.2) is 10.2 Å². The molecule has 1 aliphatic carbocycles. The number of nitrogens with zero attached hydrogens (tertiary/aromatic N) is 2. The summed E-state index contributed by atoms with van der Waals surface area (Å²) in [6, 6.07) is -0.0252. The average molecular weight is 328 g/mol. The fourth-order valence-corrected chi connectivity index (χ4v) is 3.04. The number of carbonyl (C=O) groups is 2. The van der Waals surface area contributed by atoms with Gasteiger partial charge in [0.05, 0.1) is 19.9 Å². The van der Waals surface area contributed by atoms with Crippen LogP contribution < -0.4 is 15.4 Å². The maximum Gasteiger partial charge on any atom is 0.321 e. The van der Waals surface area contributed by atoms with E-state index in [0.717, 1.165) is 12.8 Å². The van der Waals surface area contributed by atoms with E-state index in [0.29, 0.717) is 16.7 Å². The standard InChI is InChI=1S/C13H20N4O4S/c1-3-17(7-10(18)19)9-4-8(5-9)15-12(20)16-13-14-6-11(21-2)22-13/h6,8-9H,3-5,7H2,1-2H3,(H,18,19)(H2,14,15,16,20). The molecule has 0 aliphatic heterocycles. The van der Waals surface area contributed by atoms with Gasteiger partial charge in [0.2, 0.25) is 0 Å². The summed E-state index contributed by atoms with van der Waals surface area (Å²) in [5.41, 5.74) is 0. The van der Waals surface area contributed by atoms with Crippen molar-refractivity contribution in [3.8, 4) is 5.06 Å². The highest BCUT2D eigenvalue weighted by Gasteiger charge is 2.34. The van der Waals surface area contributed by atoms with Crippen molar-refractivity contribution in [2.24, 2.45) is 0 Å². The van der Waals surface area contributed by atoms with Gasteiger partial charge in [0.1, 0.15) is 0 Å². The van der Waals surface area contributed by atoms with Crippen molar-refractivity contribution < 1.29 is 19.4 Å². The molecule has 1 fully saturated rings. The lowest BCUT2D eigenvalue weighted by Gasteiger charge is -2.42. The fourth-order valence-electron chi connectivity index (χ4n) is 2.41. The Kier molecular flexibility index (Phi) is 5.56. The highest BCUT2D eigenvalue weighted by Crippen LogP contribution is 2.27. The van der Waals surface area contributed by atoms with Gasteiger partial charge in [-0.15, -0.1) is 0 Å². The molecule has 1 heterocycles. The number of aromatic nitrogens is 1. The molecule has 1 aromatic rings. The van der Waals surface area contributed by atoms with Crippen molar-refractivity contribution in [3.05, 3.63) is 6.20 Å². The van der Waals surface area contributed by atoms with Crippen molar-refractivity contribution in [1.29, 1.82) is 0 Å². The normalized spacial score (nSPS) is 20.3. The van der Waals surface area contributed by atoms with E-state index in [-0.39, 0.29) is 24.7 Å². The van der Waals surface area contributed by atoms with Crippen LogP contribution in [-0.2, 0) is 4.79 Å². The molecule has 0 saturated heterocycles. The van der Waals surface area contributed by atoms with Crippen LogP contribution in [0.1, 0.15) is 19.8 Å². The van der Waals surface area contributed by atoms with Gasteiger partial charge in [-0.3, -0.25) is 15.0 Å². The van der Waals surface area contributed by atoms with Gasteiger partial charge >= 0.3 is 12.0 Å². The van der Waals surface area contributed by atoms with Crippen LogP contribution in [0.2, 0.25) is 0 Å². The summed E-state index contributed by atoms with van der Waals surface area (Å²) in [6.45, 7) is 2.67. The van der Waals surface area contributed by atoms with E-state index in [4.69, 9.17) is 9.84 Å². The molecule has 0 atom stereocenters. The lowest BCUT2D eigenvalue weighted by Crippen LogP contribution is -2.55. The van der Waals surface area contributed by atoms with E-state index < -0.39 is 5.97 Å². The number of nitrogens with one attached hydrogen (secondary N) is 2. The van der Waals surface area contributed by atoms with Crippen LogP contribution >= 0.6 is 11.3 Å². The number of likely N-dealkylation sites (N-methyl/N-ethyl adjacent to an activating group) is 1. The number of carboxylic acids is 1. The van der Waals surface area contributed by atoms with E-state index in [1.807, 2.05) is 11.8 Å². The summed E-state index contributed by atoms with van der Waals surface area (Å²) in [4.78, 5) is 28.5. The first-order valence-electron chi connectivity index (χ1n) is 7.05. The van der Waals surface area contributed by atoms with Gasteiger partial charge < -0.3 is 15.2 Å². The molecule has 22 heavy (non-hydrogen) atoms. The van der Waals surface area contributed by atoms with Crippen molar-refractivity contribution >= 4 is 28.5 Å². The summed E-state index contributed by atoms with van der Waals surface area (Å²) < 4.78 is 5.01. The molecule has 2 amide bonds. The van der Waals surface area contributed by atoms with E-state index in [2.05, 4.69) is 15.6 Å². The molecule has 8 nitrogen and oxygen atoms in total. The predicted octanol–water partition coefficient (Wildman–Crippen LogP) is 1.21. The van der Waals surface area contributed by atoms with E-state index in [1.165, 1.54) is 11.3 Å². The summed E-state index contributed by atoms with van der Waals surface area (Å²) >= 11 is 1.25. The maximum atomic E-state index is 11.8. The quantitative estimate of drug-likeness (QED) is 0.695. The number of hydrogen-bond donors (Lipinski definition) is 3. The number of anilines is 1. The summed E-state index contributed by atoms with van der Waals surface area (Å²) in [5, 5.41) is 15.5. The lowest BCUT2D eigenvalue weighted by atomic mass is 9.85. The second kappa shape index (κ2) is 7.41. The Hall–Kier alpha value is -1.87. The Morgan fingerprint density at radius 1 is 1.55 bits per heavy atom. The summed E-state index contributed by atoms with van der Waals surface area (Å²) in [7, 11) is 1.54. The molecule has 9 heteroatoms. The molecule has 0 spiro atoms. The summed E-state index contributed by atoms with van der Waals surface area (Å²) in [6.07, 6.45) is 3.07. The predicted molar refractivity (Wildman–Crippen MR) is 82.5 cm³/mol. The number of urea groups is 1. The largest absolute Gasteiger partial charge is 0.486 e. The highest BCUT2D eigenvalue weighted by molar-refractivity contribution is 7.17. The van der Waals surface area contributed by atoms with Crippen LogP contribution in [0.4, 0.5) is 9.93 Å². The van der Waals surface area contributed by atoms with Crippen LogP contribution in [0.5, 0.6) is 5.06 Å². The average Bonchev–Trinajstić information content (AvgIpc) is 2.87. The Bertz CT molecular complexity index is 530. The molecule has 1 aliphatic rings. The Balaban J connectivity index is 1.72.